The molecule has 0 aliphatic heterocycles. The molecule has 8 nitrogen and oxygen atoms in total. The van der Waals surface area contributed by atoms with Crippen molar-refractivity contribution in [3.8, 4) is 0 Å². The van der Waals surface area contributed by atoms with Gasteiger partial charge in [0.05, 0.1) is 29.9 Å². The van der Waals surface area contributed by atoms with Crippen molar-refractivity contribution >= 4 is 10.9 Å². The molecule has 0 spiro atoms. The van der Waals surface area contributed by atoms with Crippen molar-refractivity contribution in [2.24, 2.45) is 0 Å². The minimum absolute atomic E-state index is 0.0779. The first-order valence-corrected chi connectivity index (χ1v) is 11.4. The average molecular weight is 449 g/mol. The second-order valence-corrected chi connectivity index (χ2v) is 9.64. The van der Waals surface area contributed by atoms with Crippen LogP contribution in [0.2, 0.25) is 0 Å². The number of hydrogen-bond donors (Lipinski definition) is 1. The van der Waals surface area contributed by atoms with Gasteiger partial charge in [0.15, 0.2) is 5.82 Å². The number of aromatic amines is 1. The smallest absolute Gasteiger partial charge is 0.252 e. The molecule has 8 heteroatoms. The molecule has 1 aromatic carbocycles. The highest BCUT2D eigenvalue weighted by molar-refractivity contribution is 5.85. The topological polar surface area (TPSA) is 92.8 Å². The molecule has 0 amide bonds. The summed E-state index contributed by atoms with van der Waals surface area (Å²) in [5, 5.41) is 13.7. The summed E-state index contributed by atoms with van der Waals surface area (Å²) in [4.78, 5) is 18.4. The standard InChI is InChI=1S/C25H32N6O2/c1-7-21(23-27-28-29-31(23)25(4,5)6)30(15-19-9-8-12-33-19)14-18-13-20-16(2)10-11-17(3)22(20)26-24(18)32/h8-13,21H,7,14-15H2,1-6H3,(H,26,32). The van der Waals surface area contributed by atoms with E-state index in [1.165, 1.54) is 0 Å². The molecule has 1 atom stereocenters. The van der Waals surface area contributed by atoms with Crippen molar-refractivity contribution in [1.82, 2.24) is 30.1 Å². The summed E-state index contributed by atoms with van der Waals surface area (Å²) >= 11 is 0. The fourth-order valence-corrected chi connectivity index (χ4v) is 4.32. The molecular weight excluding hydrogens is 416 g/mol. The molecule has 4 aromatic rings. The predicted molar refractivity (Wildman–Crippen MR) is 128 cm³/mol. The summed E-state index contributed by atoms with van der Waals surface area (Å²) < 4.78 is 7.53. The number of aryl methyl sites for hydroxylation is 2. The predicted octanol–water partition coefficient (Wildman–Crippen LogP) is 4.63. The summed E-state index contributed by atoms with van der Waals surface area (Å²) in [6.45, 7) is 13.4. The Balaban J connectivity index is 1.79. The number of aromatic nitrogens is 5. The minimum atomic E-state index is -0.266. The Morgan fingerprint density at radius 1 is 1.15 bits per heavy atom. The van der Waals surface area contributed by atoms with Gasteiger partial charge in [-0.25, -0.2) is 4.68 Å². The fourth-order valence-electron chi connectivity index (χ4n) is 4.32. The van der Waals surface area contributed by atoms with Crippen LogP contribution in [0.3, 0.4) is 0 Å². The maximum absolute atomic E-state index is 13.1. The summed E-state index contributed by atoms with van der Waals surface area (Å²) in [6.07, 6.45) is 2.45. The van der Waals surface area contributed by atoms with Crippen molar-refractivity contribution < 1.29 is 4.42 Å². The van der Waals surface area contributed by atoms with E-state index in [4.69, 9.17) is 4.42 Å². The van der Waals surface area contributed by atoms with Crippen molar-refractivity contribution in [3.63, 3.8) is 0 Å². The molecule has 0 radical (unpaired) electrons. The third-order valence-electron chi connectivity index (χ3n) is 6.09. The van der Waals surface area contributed by atoms with Crippen LogP contribution in [0.5, 0.6) is 0 Å². The number of nitrogens with one attached hydrogen (secondary N) is 1. The monoisotopic (exact) mass is 448 g/mol. The van der Waals surface area contributed by atoms with Crippen LogP contribution in [-0.4, -0.2) is 30.1 Å². The van der Waals surface area contributed by atoms with Crippen LogP contribution in [0.4, 0.5) is 0 Å². The van der Waals surface area contributed by atoms with Gasteiger partial charge in [0.25, 0.3) is 5.56 Å². The van der Waals surface area contributed by atoms with Gasteiger partial charge in [0.2, 0.25) is 0 Å². The van der Waals surface area contributed by atoms with Gasteiger partial charge in [-0.05, 0) is 80.8 Å². The molecule has 1 N–H and O–H groups in total. The van der Waals surface area contributed by atoms with Gasteiger partial charge < -0.3 is 9.40 Å². The van der Waals surface area contributed by atoms with Crippen LogP contribution in [0.15, 0.2) is 45.8 Å². The van der Waals surface area contributed by atoms with E-state index < -0.39 is 0 Å². The maximum Gasteiger partial charge on any atom is 0.252 e. The minimum Gasteiger partial charge on any atom is -0.468 e. The first-order chi connectivity index (χ1) is 15.7. The van der Waals surface area contributed by atoms with Gasteiger partial charge in [0.1, 0.15) is 5.76 Å². The third kappa shape index (κ3) is 4.61. The molecule has 0 fully saturated rings. The molecular formula is C25H32N6O2. The summed E-state index contributed by atoms with van der Waals surface area (Å²) in [7, 11) is 0. The lowest BCUT2D eigenvalue weighted by Crippen LogP contribution is -2.35. The van der Waals surface area contributed by atoms with Crippen LogP contribution in [0.1, 0.15) is 68.4 Å². The molecule has 0 bridgehead atoms. The van der Waals surface area contributed by atoms with Gasteiger partial charge in [-0.15, -0.1) is 5.10 Å². The van der Waals surface area contributed by atoms with Crippen LogP contribution in [0.25, 0.3) is 10.9 Å². The van der Waals surface area contributed by atoms with Crippen LogP contribution in [0, 0.1) is 13.8 Å². The lowest BCUT2D eigenvalue weighted by Gasteiger charge is -2.31. The van der Waals surface area contributed by atoms with Crippen molar-refractivity contribution in [1.29, 1.82) is 0 Å². The Morgan fingerprint density at radius 3 is 2.58 bits per heavy atom. The number of benzene rings is 1. The van der Waals surface area contributed by atoms with Gasteiger partial charge in [-0.2, -0.15) is 0 Å². The van der Waals surface area contributed by atoms with Gasteiger partial charge in [-0.3, -0.25) is 9.69 Å². The summed E-state index contributed by atoms with van der Waals surface area (Å²) in [5.41, 5.74) is 3.45. The van der Waals surface area contributed by atoms with E-state index >= 15 is 0 Å². The number of tetrazole rings is 1. The van der Waals surface area contributed by atoms with Crippen LogP contribution < -0.4 is 5.56 Å². The molecule has 0 saturated carbocycles. The molecule has 0 saturated heterocycles. The van der Waals surface area contributed by atoms with Crippen LogP contribution in [-0.2, 0) is 18.6 Å². The first kappa shape index (κ1) is 22.9. The van der Waals surface area contributed by atoms with Crippen molar-refractivity contribution in [3.05, 3.63) is 75.2 Å². The zero-order valence-electron chi connectivity index (χ0n) is 20.2. The Morgan fingerprint density at radius 2 is 1.91 bits per heavy atom. The quantitative estimate of drug-likeness (QED) is 0.443. The Hall–Kier alpha value is -3.26. The van der Waals surface area contributed by atoms with E-state index in [9.17, 15) is 4.79 Å². The molecule has 0 aliphatic carbocycles. The lowest BCUT2D eigenvalue weighted by atomic mass is 10.0. The molecule has 1 unspecified atom stereocenters. The molecule has 174 valence electrons. The lowest BCUT2D eigenvalue weighted by molar-refractivity contribution is 0.142. The summed E-state index contributed by atoms with van der Waals surface area (Å²) in [5.74, 6) is 1.60. The van der Waals surface area contributed by atoms with Gasteiger partial charge in [-0.1, -0.05) is 19.1 Å². The van der Waals surface area contributed by atoms with Gasteiger partial charge in [0, 0.05) is 17.5 Å². The zero-order chi connectivity index (χ0) is 23.8. The number of rotatable bonds is 7. The van der Waals surface area contributed by atoms with E-state index in [1.807, 2.05) is 35.9 Å². The summed E-state index contributed by atoms with van der Waals surface area (Å²) in [6, 6.07) is 9.87. The second kappa shape index (κ2) is 8.94. The largest absolute Gasteiger partial charge is 0.468 e. The third-order valence-corrected chi connectivity index (χ3v) is 6.09. The first-order valence-electron chi connectivity index (χ1n) is 11.4. The maximum atomic E-state index is 13.1. The molecule has 0 aliphatic rings. The number of hydrogen-bond acceptors (Lipinski definition) is 6. The number of furan rings is 1. The molecule has 33 heavy (non-hydrogen) atoms. The Kier molecular flexibility index (Phi) is 6.21. The van der Waals surface area contributed by atoms with E-state index in [0.29, 0.717) is 18.7 Å². The van der Waals surface area contributed by atoms with E-state index in [2.05, 4.69) is 66.1 Å². The van der Waals surface area contributed by atoms with Crippen molar-refractivity contribution in [2.75, 3.05) is 0 Å². The van der Waals surface area contributed by atoms with Crippen LogP contribution >= 0.6 is 0 Å². The highest BCUT2D eigenvalue weighted by Crippen LogP contribution is 2.29. The molecule has 3 aromatic heterocycles. The van der Waals surface area contributed by atoms with E-state index in [-0.39, 0.29) is 17.1 Å². The highest BCUT2D eigenvalue weighted by Gasteiger charge is 2.30. The number of pyridine rings is 1. The van der Waals surface area contributed by atoms with E-state index in [1.54, 1.807) is 6.26 Å². The Labute approximate surface area is 193 Å². The number of nitrogens with zero attached hydrogens (tertiary/aromatic N) is 5. The average Bonchev–Trinajstić information content (AvgIpc) is 3.44. The Bertz CT molecular complexity index is 1300. The fraction of sp³-hybridized carbons (Fsp3) is 0.440. The van der Waals surface area contributed by atoms with Crippen molar-refractivity contribution in [2.45, 2.75) is 72.6 Å². The SMILES string of the molecule is CCC(c1nnnn1C(C)(C)C)N(Cc1ccco1)Cc1cc2c(C)ccc(C)c2[nH]c1=O. The highest BCUT2D eigenvalue weighted by atomic mass is 16.3. The second-order valence-electron chi connectivity index (χ2n) is 9.64. The zero-order valence-corrected chi connectivity index (χ0v) is 20.2. The van der Waals surface area contributed by atoms with E-state index in [0.717, 1.165) is 40.0 Å². The number of H-pyrrole nitrogens is 1. The number of fused-ring (bicyclic) bond motifs is 1. The molecule has 3 heterocycles. The molecule has 4 rings (SSSR count). The van der Waals surface area contributed by atoms with Gasteiger partial charge >= 0.3 is 0 Å². The normalized spacial score (nSPS) is 13.2.